The Balaban J connectivity index is 2.20. The minimum absolute atomic E-state index is 0.0782. The molecule has 4 nitrogen and oxygen atoms in total. The fourth-order valence-electron chi connectivity index (χ4n) is 1.42. The summed E-state index contributed by atoms with van der Waals surface area (Å²) in [5.74, 6) is 0.963. The topological polar surface area (TPSA) is 54.3 Å². The Morgan fingerprint density at radius 2 is 2.19 bits per heavy atom. The summed E-state index contributed by atoms with van der Waals surface area (Å²) in [5.41, 5.74) is 0. The first kappa shape index (κ1) is 12.8. The summed E-state index contributed by atoms with van der Waals surface area (Å²) in [6.07, 6.45) is 2.13. The summed E-state index contributed by atoms with van der Waals surface area (Å²) < 4.78 is 5.19. The first-order valence-corrected chi connectivity index (χ1v) is 5.63. The molecule has 16 heavy (non-hydrogen) atoms. The summed E-state index contributed by atoms with van der Waals surface area (Å²) in [5, 5.41) is 6.10. The van der Waals surface area contributed by atoms with Crippen molar-refractivity contribution in [2.45, 2.75) is 45.8 Å². The van der Waals surface area contributed by atoms with E-state index < -0.39 is 0 Å². The third-order valence-electron chi connectivity index (χ3n) is 2.15. The molecular formula is C12H20N2O2. The van der Waals surface area contributed by atoms with Gasteiger partial charge in [-0.1, -0.05) is 0 Å². The van der Waals surface area contributed by atoms with Gasteiger partial charge in [-0.15, -0.1) is 0 Å². The number of carbonyl (C=O) groups excluding carboxylic acids is 1. The molecule has 0 fully saturated rings. The predicted molar refractivity (Wildman–Crippen MR) is 62.9 cm³/mol. The highest BCUT2D eigenvalue weighted by Gasteiger charge is 2.09. The Morgan fingerprint density at radius 3 is 2.75 bits per heavy atom. The number of amides is 1. The number of carbonyl (C=O) groups is 1. The third-order valence-corrected chi connectivity index (χ3v) is 2.15. The van der Waals surface area contributed by atoms with Gasteiger partial charge in [0.05, 0.1) is 12.8 Å². The second kappa shape index (κ2) is 6.33. The molecule has 0 radical (unpaired) electrons. The van der Waals surface area contributed by atoms with Crippen LogP contribution in [-0.2, 0) is 11.3 Å². The van der Waals surface area contributed by atoms with Crippen molar-refractivity contribution < 1.29 is 9.21 Å². The maximum atomic E-state index is 11.5. The molecule has 0 saturated carbocycles. The highest BCUT2D eigenvalue weighted by molar-refractivity contribution is 5.76. The van der Waals surface area contributed by atoms with Crippen LogP contribution in [-0.4, -0.2) is 18.0 Å². The molecule has 1 heterocycles. The van der Waals surface area contributed by atoms with Crippen molar-refractivity contribution >= 4 is 5.91 Å². The third kappa shape index (κ3) is 4.98. The molecule has 0 aliphatic rings. The van der Waals surface area contributed by atoms with Crippen molar-refractivity contribution in [2.24, 2.45) is 0 Å². The quantitative estimate of drug-likeness (QED) is 0.773. The van der Waals surface area contributed by atoms with Crippen molar-refractivity contribution in [2.75, 3.05) is 0 Å². The Kier molecular flexibility index (Phi) is 5.05. The van der Waals surface area contributed by atoms with Crippen molar-refractivity contribution in [3.8, 4) is 0 Å². The molecule has 0 aliphatic heterocycles. The molecule has 0 bridgehead atoms. The fourth-order valence-corrected chi connectivity index (χ4v) is 1.42. The van der Waals surface area contributed by atoms with E-state index in [1.165, 1.54) is 0 Å². The van der Waals surface area contributed by atoms with Crippen LogP contribution in [0.5, 0.6) is 0 Å². The first-order chi connectivity index (χ1) is 7.58. The smallest absolute Gasteiger partial charge is 0.221 e. The Labute approximate surface area is 96.4 Å². The van der Waals surface area contributed by atoms with Gasteiger partial charge >= 0.3 is 0 Å². The highest BCUT2D eigenvalue weighted by atomic mass is 16.3. The largest absolute Gasteiger partial charge is 0.468 e. The zero-order valence-corrected chi connectivity index (χ0v) is 10.1. The van der Waals surface area contributed by atoms with E-state index in [0.29, 0.717) is 13.0 Å². The van der Waals surface area contributed by atoms with Crippen LogP contribution in [0.1, 0.15) is 33.0 Å². The molecule has 1 amide bonds. The SMILES string of the molecule is CC(C)NC(=O)CC(C)NCc1ccco1. The minimum atomic E-state index is 0.0782. The second-order valence-electron chi connectivity index (χ2n) is 4.29. The number of hydrogen-bond acceptors (Lipinski definition) is 3. The van der Waals surface area contributed by atoms with Gasteiger partial charge in [0.25, 0.3) is 0 Å². The standard InChI is InChI=1S/C12H20N2O2/c1-9(2)14-12(15)7-10(3)13-8-11-5-4-6-16-11/h4-6,9-10,13H,7-8H2,1-3H3,(H,14,15). The van der Waals surface area contributed by atoms with E-state index in [1.807, 2.05) is 32.9 Å². The van der Waals surface area contributed by atoms with Gasteiger partial charge < -0.3 is 15.1 Å². The van der Waals surface area contributed by atoms with E-state index in [9.17, 15) is 4.79 Å². The zero-order chi connectivity index (χ0) is 12.0. The van der Waals surface area contributed by atoms with Crippen LogP contribution in [0.25, 0.3) is 0 Å². The highest BCUT2D eigenvalue weighted by Crippen LogP contribution is 2.00. The maximum absolute atomic E-state index is 11.5. The van der Waals surface area contributed by atoms with E-state index in [1.54, 1.807) is 6.26 Å². The van der Waals surface area contributed by atoms with Gasteiger partial charge in [-0.25, -0.2) is 0 Å². The summed E-state index contributed by atoms with van der Waals surface area (Å²) in [7, 11) is 0. The molecule has 1 atom stereocenters. The van der Waals surface area contributed by atoms with E-state index in [-0.39, 0.29) is 18.0 Å². The van der Waals surface area contributed by atoms with Crippen LogP contribution in [0.2, 0.25) is 0 Å². The fraction of sp³-hybridized carbons (Fsp3) is 0.583. The maximum Gasteiger partial charge on any atom is 0.221 e. The van der Waals surface area contributed by atoms with Crippen molar-refractivity contribution in [3.05, 3.63) is 24.2 Å². The van der Waals surface area contributed by atoms with Crippen LogP contribution in [0, 0.1) is 0 Å². The van der Waals surface area contributed by atoms with Gasteiger partial charge in [0.15, 0.2) is 0 Å². The Bertz CT molecular complexity index is 307. The molecule has 1 aromatic rings. The lowest BCUT2D eigenvalue weighted by molar-refractivity contribution is -0.122. The van der Waals surface area contributed by atoms with E-state index in [2.05, 4.69) is 10.6 Å². The van der Waals surface area contributed by atoms with Gasteiger partial charge in [-0.3, -0.25) is 4.79 Å². The van der Waals surface area contributed by atoms with Gasteiger partial charge in [0.2, 0.25) is 5.91 Å². The van der Waals surface area contributed by atoms with Crippen LogP contribution in [0.3, 0.4) is 0 Å². The molecule has 90 valence electrons. The summed E-state index contributed by atoms with van der Waals surface area (Å²) in [6.45, 7) is 6.56. The number of rotatable bonds is 6. The normalized spacial score (nSPS) is 12.8. The van der Waals surface area contributed by atoms with Crippen LogP contribution in [0.15, 0.2) is 22.8 Å². The van der Waals surface area contributed by atoms with Crippen LogP contribution in [0.4, 0.5) is 0 Å². The Morgan fingerprint density at radius 1 is 1.44 bits per heavy atom. The Hall–Kier alpha value is -1.29. The van der Waals surface area contributed by atoms with Crippen molar-refractivity contribution in [1.29, 1.82) is 0 Å². The van der Waals surface area contributed by atoms with E-state index in [0.717, 1.165) is 5.76 Å². The molecule has 0 aliphatic carbocycles. The molecule has 1 aromatic heterocycles. The molecular weight excluding hydrogens is 204 g/mol. The van der Waals surface area contributed by atoms with Crippen molar-refractivity contribution in [3.63, 3.8) is 0 Å². The molecule has 4 heteroatoms. The lowest BCUT2D eigenvalue weighted by Crippen LogP contribution is -2.36. The van der Waals surface area contributed by atoms with Crippen LogP contribution >= 0.6 is 0 Å². The average Bonchev–Trinajstić information content (AvgIpc) is 2.65. The summed E-state index contributed by atoms with van der Waals surface area (Å²) in [4.78, 5) is 11.5. The average molecular weight is 224 g/mol. The van der Waals surface area contributed by atoms with Crippen molar-refractivity contribution in [1.82, 2.24) is 10.6 Å². The molecule has 1 unspecified atom stereocenters. The summed E-state index contributed by atoms with van der Waals surface area (Å²) >= 11 is 0. The van der Waals surface area contributed by atoms with Gasteiger partial charge in [-0.2, -0.15) is 0 Å². The molecule has 0 aromatic carbocycles. The molecule has 2 N–H and O–H groups in total. The lowest BCUT2D eigenvalue weighted by Gasteiger charge is -2.14. The summed E-state index contributed by atoms with van der Waals surface area (Å²) in [6, 6.07) is 4.11. The first-order valence-electron chi connectivity index (χ1n) is 5.63. The van der Waals surface area contributed by atoms with E-state index >= 15 is 0 Å². The van der Waals surface area contributed by atoms with Gasteiger partial charge in [0, 0.05) is 18.5 Å². The monoisotopic (exact) mass is 224 g/mol. The van der Waals surface area contributed by atoms with Crippen LogP contribution < -0.4 is 10.6 Å². The number of hydrogen-bond donors (Lipinski definition) is 2. The van der Waals surface area contributed by atoms with Gasteiger partial charge in [0.1, 0.15) is 5.76 Å². The number of nitrogens with one attached hydrogen (secondary N) is 2. The second-order valence-corrected chi connectivity index (χ2v) is 4.29. The van der Waals surface area contributed by atoms with Gasteiger partial charge in [-0.05, 0) is 32.9 Å². The number of furan rings is 1. The predicted octanol–water partition coefficient (Wildman–Crippen LogP) is 1.67. The minimum Gasteiger partial charge on any atom is -0.468 e. The lowest BCUT2D eigenvalue weighted by atomic mass is 10.2. The molecule has 0 saturated heterocycles. The zero-order valence-electron chi connectivity index (χ0n) is 10.1. The molecule has 1 rings (SSSR count). The van der Waals surface area contributed by atoms with E-state index in [4.69, 9.17) is 4.42 Å². The molecule has 0 spiro atoms.